The van der Waals surface area contributed by atoms with Crippen LogP contribution < -0.4 is 5.73 Å². The Balaban J connectivity index is 4.24. The smallest absolute Gasteiger partial charge is 0.00443 e. The first-order valence-electron chi connectivity index (χ1n) is 3.51. The molecular formula is C8H16N2. The molecule has 0 aliphatic heterocycles. The lowest BCUT2D eigenvalue weighted by atomic mass is 9.83. The lowest BCUT2D eigenvalue weighted by Gasteiger charge is -2.22. The molecule has 3 N–H and O–H groups in total. The van der Waals surface area contributed by atoms with Crippen LogP contribution in [0.2, 0.25) is 0 Å². The first kappa shape index (κ1) is 9.41. The van der Waals surface area contributed by atoms with Crippen LogP contribution in [0.15, 0.2) is 5.57 Å². The fourth-order valence-corrected chi connectivity index (χ4v) is 0.718. The molecule has 2 nitrogen and oxygen atoms in total. The molecular weight excluding hydrogens is 124 g/mol. The van der Waals surface area contributed by atoms with Gasteiger partial charge in [0.2, 0.25) is 0 Å². The summed E-state index contributed by atoms with van der Waals surface area (Å²) in [6.45, 7) is 6.75. The van der Waals surface area contributed by atoms with Gasteiger partial charge in [-0.1, -0.05) is 13.8 Å². The maximum absolute atomic E-state index is 6.91. The molecule has 0 radical (unpaired) electrons. The second-order valence-corrected chi connectivity index (χ2v) is 3.17. The maximum atomic E-state index is 6.91. The van der Waals surface area contributed by atoms with Crippen LogP contribution in [0.3, 0.4) is 0 Å². The fraction of sp³-hybridized carbons (Fsp3) is 0.750. The first-order valence-corrected chi connectivity index (χ1v) is 3.51. The van der Waals surface area contributed by atoms with Crippen LogP contribution in [0, 0.1) is 10.8 Å². The van der Waals surface area contributed by atoms with Crippen molar-refractivity contribution in [2.75, 3.05) is 6.54 Å². The summed E-state index contributed by atoms with van der Waals surface area (Å²) in [4.78, 5) is 0. The van der Waals surface area contributed by atoms with E-state index in [1.165, 1.54) is 0 Å². The zero-order valence-corrected chi connectivity index (χ0v) is 6.99. The highest BCUT2D eigenvalue weighted by Crippen LogP contribution is 2.26. The van der Waals surface area contributed by atoms with Crippen molar-refractivity contribution >= 4 is 5.87 Å². The lowest BCUT2D eigenvalue weighted by Crippen LogP contribution is -2.18. The molecule has 2 heteroatoms. The SMILES string of the molecule is CC(=C=N)C(C)(C)CCN. The molecule has 0 aliphatic rings. The Morgan fingerprint density at radius 1 is 1.60 bits per heavy atom. The highest BCUT2D eigenvalue weighted by molar-refractivity contribution is 5.55. The number of nitrogens with one attached hydrogen (secondary N) is 1. The third-order valence-corrected chi connectivity index (χ3v) is 1.97. The Morgan fingerprint density at radius 2 is 2.10 bits per heavy atom. The van der Waals surface area contributed by atoms with Crippen LogP contribution in [0.5, 0.6) is 0 Å². The van der Waals surface area contributed by atoms with Crippen LogP contribution >= 0.6 is 0 Å². The van der Waals surface area contributed by atoms with E-state index >= 15 is 0 Å². The van der Waals surface area contributed by atoms with Crippen LogP contribution in [0.25, 0.3) is 0 Å². The van der Waals surface area contributed by atoms with Crippen molar-refractivity contribution in [3.8, 4) is 0 Å². The highest BCUT2D eigenvalue weighted by Gasteiger charge is 2.18. The Bertz CT molecular complexity index is 153. The van der Waals surface area contributed by atoms with E-state index in [2.05, 4.69) is 19.7 Å². The van der Waals surface area contributed by atoms with E-state index in [-0.39, 0.29) is 5.41 Å². The first-order chi connectivity index (χ1) is 4.54. The molecule has 0 amide bonds. The summed E-state index contributed by atoms with van der Waals surface area (Å²) >= 11 is 0. The van der Waals surface area contributed by atoms with Gasteiger partial charge in [0.1, 0.15) is 0 Å². The van der Waals surface area contributed by atoms with E-state index in [4.69, 9.17) is 11.1 Å². The molecule has 0 aromatic heterocycles. The Kier molecular flexibility index (Phi) is 3.34. The van der Waals surface area contributed by atoms with Gasteiger partial charge in [0.15, 0.2) is 0 Å². The third kappa shape index (κ3) is 2.34. The zero-order chi connectivity index (χ0) is 8.20. The summed E-state index contributed by atoms with van der Waals surface area (Å²) in [6, 6.07) is 0. The molecule has 0 fully saturated rings. The summed E-state index contributed by atoms with van der Waals surface area (Å²) in [5.41, 5.74) is 6.43. The normalized spacial score (nSPS) is 10.8. The summed E-state index contributed by atoms with van der Waals surface area (Å²) in [6.07, 6.45) is 0.921. The van der Waals surface area contributed by atoms with Gasteiger partial charge in [-0.3, -0.25) is 5.41 Å². The second-order valence-electron chi connectivity index (χ2n) is 3.17. The van der Waals surface area contributed by atoms with Crippen LogP contribution in [0.1, 0.15) is 27.2 Å². The van der Waals surface area contributed by atoms with E-state index in [0.717, 1.165) is 12.0 Å². The maximum Gasteiger partial charge on any atom is -0.00443 e. The number of hydrogen-bond acceptors (Lipinski definition) is 2. The summed E-state index contributed by atoms with van der Waals surface area (Å²) in [5, 5.41) is 6.91. The molecule has 0 aliphatic carbocycles. The minimum atomic E-state index is 0.0521. The van der Waals surface area contributed by atoms with Crippen molar-refractivity contribution < 1.29 is 0 Å². The molecule has 58 valence electrons. The van der Waals surface area contributed by atoms with Gasteiger partial charge in [0, 0.05) is 0 Å². The van der Waals surface area contributed by atoms with E-state index in [0.29, 0.717) is 6.54 Å². The van der Waals surface area contributed by atoms with Crippen molar-refractivity contribution in [2.24, 2.45) is 11.1 Å². The zero-order valence-electron chi connectivity index (χ0n) is 6.99. The monoisotopic (exact) mass is 140 g/mol. The van der Waals surface area contributed by atoms with Crippen LogP contribution in [-0.4, -0.2) is 12.4 Å². The van der Waals surface area contributed by atoms with Gasteiger partial charge in [-0.25, -0.2) is 0 Å². The number of allylic oxidation sites excluding steroid dienone is 1. The molecule has 0 atom stereocenters. The van der Waals surface area contributed by atoms with Crippen LogP contribution in [-0.2, 0) is 0 Å². The van der Waals surface area contributed by atoms with Crippen molar-refractivity contribution in [1.29, 1.82) is 5.41 Å². The summed E-state index contributed by atoms with van der Waals surface area (Å²) < 4.78 is 0. The molecule has 0 saturated heterocycles. The summed E-state index contributed by atoms with van der Waals surface area (Å²) in [7, 11) is 0. The predicted molar refractivity (Wildman–Crippen MR) is 44.4 cm³/mol. The van der Waals surface area contributed by atoms with Gasteiger partial charge in [-0.15, -0.1) is 0 Å². The molecule has 0 rings (SSSR count). The van der Waals surface area contributed by atoms with Crippen LogP contribution in [0.4, 0.5) is 0 Å². The van der Waals surface area contributed by atoms with Gasteiger partial charge in [0.05, 0.1) is 0 Å². The molecule has 10 heavy (non-hydrogen) atoms. The average molecular weight is 140 g/mol. The molecule has 0 aromatic carbocycles. The second kappa shape index (κ2) is 3.55. The Labute approximate surface area is 62.6 Å². The molecule has 0 bridgehead atoms. The quantitative estimate of drug-likeness (QED) is 0.574. The Hall–Kier alpha value is -0.590. The largest absolute Gasteiger partial charge is 0.330 e. The van der Waals surface area contributed by atoms with Crippen molar-refractivity contribution in [3.05, 3.63) is 5.57 Å². The van der Waals surface area contributed by atoms with Gasteiger partial charge >= 0.3 is 0 Å². The minimum Gasteiger partial charge on any atom is -0.330 e. The van der Waals surface area contributed by atoms with Gasteiger partial charge in [-0.2, -0.15) is 0 Å². The minimum absolute atomic E-state index is 0.0521. The molecule has 0 aromatic rings. The van der Waals surface area contributed by atoms with Crippen molar-refractivity contribution in [2.45, 2.75) is 27.2 Å². The Morgan fingerprint density at radius 3 is 2.40 bits per heavy atom. The number of rotatable bonds is 3. The van der Waals surface area contributed by atoms with E-state index < -0.39 is 0 Å². The molecule has 0 spiro atoms. The number of nitrogens with two attached hydrogens (primary N) is 1. The highest BCUT2D eigenvalue weighted by atomic mass is 14.5. The van der Waals surface area contributed by atoms with E-state index in [9.17, 15) is 0 Å². The van der Waals surface area contributed by atoms with Gasteiger partial charge in [0.25, 0.3) is 0 Å². The van der Waals surface area contributed by atoms with Crippen molar-refractivity contribution in [3.63, 3.8) is 0 Å². The predicted octanol–water partition coefficient (Wildman–Crippen LogP) is 1.56. The lowest BCUT2D eigenvalue weighted by molar-refractivity contribution is 0.420. The molecule has 0 saturated carbocycles. The van der Waals surface area contributed by atoms with Crippen molar-refractivity contribution in [1.82, 2.24) is 0 Å². The number of hydrogen-bond donors (Lipinski definition) is 2. The standard InChI is InChI=1S/C8H16N2/c1-7(6-10)8(2,3)4-5-9/h10H,4-5,9H2,1-3H3. The average Bonchev–Trinajstić information content (AvgIpc) is 1.86. The molecule has 0 unspecified atom stereocenters. The third-order valence-electron chi connectivity index (χ3n) is 1.97. The van der Waals surface area contributed by atoms with Gasteiger partial charge < -0.3 is 5.73 Å². The summed E-state index contributed by atoms with van der Waals surface area (Å²) in [5.74, 6) is 2.40. The topological polar surface area (TPSA) is 49.9 Å². The van der Waals surface area contributed by atoms with E-state index in [1.54, 1.807) is 0 Å². The van der Waals surface area contributed by atoms with E-state index in [1.807, 2.05) is 6.92 Å². The fourth-order valence-electron chi connectivity index (χ4n) is 0.718. The molecule has 0 heterocycles. The van der Waals surface area contributed by atoms with Gasteiger partial charge in [-0.05, 0) is 36.7 Å².